The van der Waals surface area contributed by atoms with Gasteiger partial charge >= 0.3 is 0 Å². The van der Waals surface area contributed by atoms with E-state index < -0.39 is 0 Å². The van der Waals surface area contributed by atoms with Gasteiger partial charge in [-0.05, 0) is 57.7 Å². The third kappa shape index (κ3) is 1.84. The van der Waals surface area contributed by atoms with Crippen LogP contribution in [0.15, 0.2) is 43.0 Å². The highest BCUT2D eigenvalue weighted by atomic mass is 14.1. The van der Waals surface area contributed by atoms with Gasteiger partial charge < -0.3 is 0 Å². The van der Waals surface area contributed by atoms with Crippen molar-refractivity contribution < 1.29 is 0 Å². The van der Waals surface area contributed by atoms with Gasteiger partial charge in [-0.15, -0.1) is 6.58 Å². The van der Waals surface area contributed by atoms with E-state index in [0.717, 1.165) is 18.1 Å². The molecule has 0 nitrogen and oxygen atoms in total. The molecule has 0 saturated heterocycles. The van der Waals surface area contributed by atoms with Crippen LogP contribution in [0.5, 0.6) is 0 Å². The Labute approximate surface area is 114 Å². The van der Waals surface area contributed by atoms with Crippen LogP contribution < -0.4 is 10.4 Å². The lowest BCUT2D eigenvalue weighted by Gasteiger charge is -2.11. The van der Waals surface area contributed by atoms with Crippen LogP contribution in [0.1, 0.15) is 24.0 Å². The van der Waals surface area contributed by atoms with Gasteiger partial charge in [-0.25, -0.2) is 0 Å². The molecular formula is C19H18. The molecule has 1 aliphatic carbocycles. The number of hydrogen-bond acceptors (Lipinski definition) is 0. The van der Waals surface area contributed by atoms with E-state index in [1.807, 2.05) is 6.08 Å². The molecule has 2 aromatic carbocycles. The van der Waals surface area contributed by atoms with Crippen LogP contribution in [0, 0.1) is 6.92 Å². The predicted molar refractivity (Wildman–Crippen MR) is 85.3 cm³/mol. The lowest BCUT2D eigenvalue weighted by Crippen LogP contribution is -2.12. The lowest BCUT2D eigenvalue weighted by atomic mass is 9.92. The third-order valence-corrected chi connectivity index (χ3v) is 3.91. The fourth-order valence-electron chi connectivity index (χ4n) is 2.97. The molecule has 0 fully saturated rings. The molecule has 0 heteroatoms. The molecule has 0 aromatic heterocycles. The Hall–Kier alpha value is -2.08. The molecule has 2 aromatic rings. The van der Waals surface area contributed by atoms with Crippen molar-refractivity contribution in [3.8, 4) is 0 Å². The Morgan fingerprint density at radius 1 is 1.16 bits per heavy atom. The Balaban J connectivity index is 2.53. The third-order valence-electron chi connectivity index (χ3n) is 3.91. The van der Waals surface area contributed by atoms with E-state index >= 15 is 0 Å². The molecule has 1 aliphatic rings. The normalized spacial score (nSPS) is 13.6. The summed E-state index contributed by atoms with van der Waals surface area (Å²) in [6.45, 7) is 10.3. The van der Waals surface area contributed by atoms with Crippen molar-refractivity contribution in [1.29, 1.82) is 0 Å². The highest BCUT2D eigenvalue weighted by Gasteiger charge is 2.11. The van der Waals surface area contributed by atoms with Crippen LogP contribution in [-0.4, -0.2) is 0 Å². The monoisotopic (exact) mass is 246 g/mol. The summed E-state index contributed by atoms with van der Waals surface area (Å²) in [7, 11) is 0. The Kier molecular flexibility index (Phi) is 2.87. The van der Waals surface area contributed by atoms with Gasteiger partial charge in [-0.3, -0.25) is 0 Å². The van der Waals surface area contributed by atoms with Gasteiger partial charge in [0.25, 0.3) is 0 Å². The van der Waals surface area contributed by atoms with Gasteiger partial charge in [0.1, 0.15) is 0 Å². The first-order valence-electron chi connectivity index (χ1n) is 6.74. The predicted octanol–water partition coefficient (Wildman–Crippen LogP) is 3.70. The quantitative estimate of drug-likeness (QED) is 0.709. The average Bonchev–Trinajstić information content (AvgIpc) is 2.58. The van der Waals surface area contributed by atoms with Crippen molar-refractivity contribution in [3.05, 3.63) is 64.6 Å². The minimum absolute atomic E-state index is 0.906. The second kappa shape index (κ2) is 4.55. The van der Waals surface area contributed by atoms with Gasteiger partial charge in [-0.2, -0.15) is 0 Å². The number of benzene rings is 2. The van der Waals surface area contributed by atoms with Crippen molar-refractivity contribution in [3.63, 3.8) is 0 Å². The largest absolute Gasteiger partial charge is 0.103 e. The van der Waals surface area contributed by atoms with Crippen molar-refractivity contribution >= 4 is 29.0 Å². The zero-order valence-electron chi connectivity index (χ0n) is 11.4. The summed E-state index contributed by atoms with van der Waals surface area (Å²) in [5.41, 5.74) is 3.99. The van der Waals surface area contributed by atoms with E-state index in [4.69, 9.17) is 0 Å². The highest BCUT2D eigenvalue weighted by Crippen LogP contribution is 2.26. The van der Waals surface area contributed by atoms with Gasteiger partial charge in [0, 0.05) is 0 Å². The first-order chi connectivity index (χ1) is 9.22. The van der Waals surface area contributed by atoms with E-state index in [1.54, 1.807) is 0 Å². The van der Waals surface area contributed by atoms with E-state index in [2.05, 4.69) is 56.5 Å². The smallest absolute Gasteiger partial charge is 0.00307 e. The maximum absolute atomic E-state index is 4.23. The van der Waals surface area contributed by atoms with Gasteiger partial charge in [0.05, 0.1) is 0 Å². The fourth-order valence-corrected chi connectivity index (χ4v) is 2.97. The molecule has 0 amide bonds. The Morgan fingerprint density at radius 3 is 2.79 bits per heavy atom. The van der Waals surface area contributed by atoms with Crippen molar-refractivity contribution in [2.24, 2.45) is 0 Å². The standard InChI is InChI=1S/C19H18/c1-4-6-15-7-5-8-16-11-9-13(2)17-12-10-14(3)18(15)19(16)17/h4,7-12H,1,3,5-6H2,2H3. The van der Waals surface area contributed by atoms with E-state index in [0.29, 0.717) is 0 Å². The molecule has 0 atom stereocenters. The minimum atomic E-state index is 0.906. The van der Waals surface area contributed by atoms with Gasteiger partial charge in [0.2, 0.25) is 0 Å². The zero-order chi connectivity index (χ0) is 13.4. The molecule has 0 heterocycles. The van der Waals surface area contributed by atoms with Gasteiger partial charge in [0.15, 0.2) is 0 Å². The molecule has 19 heavy (non-hydrogen) atoms. The maximum atomic E-state index is 4.23. The number of allylic oxidation sites excluding steroid dienone is 3. The van der Waals surface area contributed by atoms with Crippen LogP contribution in [0.2, 0.25) is 0 Å². The molecule has 0 N–H and O–H groups in total. The van der Waals surface area contributed by atoms with Crippen LogP contribution in [0.3, 0.4) is 0 Å². The number of aryl methyl sites for hydroxylation is 1. The molecule has 0 aliphatic heterocycles. The number of rotatable bonds is 2. The Morgan fingerprint density at radius 2 is 2.00 bits per heavy atom. The molecule has 0 saturated carbocycles. The summed E-state index contributed by atoms with van der Waals surface area (Å²) in [6, 6.07) is 8.77. The number of hydrogen-bond donors (Lipinski definition) is 0. The highest BCUT2D eigenvalue weighted by molar-refractivity contribution is 5.97. The second-order valence-corrected chi connectivity index (χ2v) is 5.16. The van der Waals surface area contributed by atoms with Crippen LogP contribution >= 0.6 is 0 Å². The van der Waals surface area contributed by atoms with Gasteiger partial charge in [-0.1, -0.05) is 49.1 Å². The summed E-state index contributed by atoms with van der Waals surface area (Å²) in [6.07, 6.45) is 8.48. The van der Waals surface area contributed by atoms with Crippen LogP contribution in [-0.2, 0) is 0 Å². The summed E-state index contributed by atoms with van der Waals surface area (Å²) in [4.78, 5) is 0. The SMILES string of the molecule is C=CCC1=CCC=c2ccc(C)c3ccc(=C)c1c23. The maximum Gasteiger partial charge on any atom is -0.00307 e. The molecule has 0 radical (unpaired) electrons. The van der Waals surface area contributed by atoms with Crippen LogP contribution in [0.25, 0.3) is 29.0 Å². The molecule has 0 spiro atoms. The van der Waals surface area contributed by atoms with Crippen molar-refractivity contribution in [1.82, 2.24) is 0 Å². The summed E-state index contributed by atoms with van der Waals surface area (Å²) in [5, 5.41) is 5.14. The summed E-state index contributed by atoms with van der Waals surface area (Å²) in [5.74, 6) is 0. The summed E-state index contributed by atoms with van der Waals surface area (Å²) < 4.78 is 0. The molecule has 94 valence electrons. The van der Waals surface area contributed by atoms with Crippen molar-refractivity contribution in [2.75, 3.05) is 0 Å². The summed E-state index contributed by atoms with van der Waals surface area (Å²) >= 11 is 0. The molecule has 0 bridgehead atoms. The average molecular weight is 246 g/mol. The molecule has 3 rings (SSSR count). The lowest BCUT2D eigenvalue weighted by molar-refractivity contribution is 1.36. The first-order valence-corrected chi connectivity index (χ1v) is 6.74. The first kappa shape index (κ1) is 12.0. The second-order valence-electron chi connectivity index (χ2n) is 5.16. The molecular weight excluding hydrogens is 228 g/mol. The topological polar surface area (TPSA) is 0 Å². The van der Waals surface area contributed by atoms with Crippen LogP contribution in [0.4, 0.5) is 0 Å². The van der Waals surface area contributed by atoms with E-state index in [9.17, 15) is 0 Å². The Bertz CT molecular complexity index is 804. The van der Waals surface area contributed by atoms with Crippen molar-refractivity contribution in [2.45, 2.75) is 19.8 Å². The van der Waals surface area contributed by atoms with E-state index in [-0.39, 0.29) is 0 Å². The minimum Gasteiger partial charge on any atom is -0.103 e. The fraction of sp³-hybridized carbons (Fsp3) is 0.158. The van der Waals surface area contributed by atoms with E-state index in [1.165, 1.54) is 32.7 Å². The zero-order valence-corrected chi connectivity index (χ0v) is 11.4. The molecule has 0 unspecified atom stereocenters.